The van der Waals surface area contributed by atoms with Crippen LogP contribution in [0, 0.1) is 5.82 Å². The van der Waals surface area contributed by atoms with Gasteiger partial charge in [-0.2, -0.15) is 0 Å². The van der Waals surface area contributed by atoms with E-state index in [1.54, 1.807) is 6.07 Å². The van der Waals surface area contributed by atoms with Crippen LogP contribution < -0.4 is 4.74 Å². The zero-order valence-corrected chi connectivity index (χ0v) is 17.7. The lowest BCUT2D eigenvalue weighted by atomic mass is 10.1. The van der Waals surface area contributed by atoms with Gasteiger partial charge in [-0.1, -0.05) is 89.7 Å². The molecule has 1 aromatic carbocycles. The monoisotopic (exact) mass is 406 g/mol. The van der Waals surface area contributed by atoms with Crippen LogP contribution in [0.5, 0.6) is 5.75 Å². The molecule has 0 heterocycles. The van der Waals surface area contributed by atoms with Crippen LogP contribution in [0.25, 0.3) is 0 Å². The third-order valence-corrected chi connectivity index (χ3v) is 4.64. The molecule has 0 unspecified atom stereocenters. The van der Waals surface area contributed by atoms with Crippen molar-refractivity contribution in [3.63, 3.8) is 0 Å². The van der Waals surface area contributed by atoms with E-state index in [2.05, 4.69) is 6.92 Å². The summed E-state index contributed by atoms with van der Waals surface area (Å²) in [6.45, 7) is 2.58. The molecule has 29 heavy (non-hydrogen) atoms. The van der Waals surface area contributed by atoms with Gasteiger partial charge in [-0.15, -0.1) is 0 Å². The van der Waals surface area contributed by atoms with Crippen molar-refractivity contribution in [2.45, 2.75) is 84.0 Å². The second kappa shape index (κ2) is 16.8. The van der Waals surface area contributed by atoms with Crippen molar-refractivity contribution in [3.8, 4) is 5.75 Å². The predicted molar refractivity (Wildman–Crippen MR) is 113 cm³/mol. The molecule has 0 N–H and O–H groups in total. The van der Waals surface area contributed by atoms with E-state index in [0.717, 1.165) is 31.4 Å². The fourth-order valence-electron chi connectivity index (χ4n) is 2.97. The molecular weight excluding hydrogens is 371 g/mol. The maximum absolute atomic E-state index is 13.4. The van der Waals surface area contributed by atoms with Crippen molar-refractivity contribution in [1.82, 2.24) is 0 Å². The number of para-hydroxylation sites is 1. The summed E-state index contributed by atoms with van der Waals surface area (Å²) in [6, 6.07) is 5.58. The molecule has 0 bridgehead atoms. The molecule has 0 aliphatic heterocycles. The van der Waals surface area contributed by atoms with Gasteiger partial charge < -0.3 is 9.47 Å². The fourth-order valence-corrected chi connectivity index (χ4v) is 2.97. The molecule has 1 aromatic rings. The number of rotatable bonds is 16. The number of hydrogen-bond acceptors (Lipinski definition) is 4. The molecule has 0 saturated heterocycles. The molecule has 0 aliphatic rings. The highest BCUT2D eigenvalue weighted by Gasteiger charge is 2.06. The Hall–Kier alpha value is -2.17. The maximum atomic E-state index is 13.4. The van der Waals surface area contributed by atoms with Crippen LogP contribution in [-0.4, -0.2) is 18.5 Å². The number of ether oxygens (including phenoxy) is 2. The first kappa shape index (κ1) is 24.9. The lowest BCUT2D eigenvalue weighted by molar-refractivity contribution is -0.138. The Morgan fingerprint density at radius 2 is 1.31 bits per heavy atom. The third-order valence-electron chi connectivity index (χ3n) is 4.64. The highest BCUT2D eigenvalue weighted by atomic mass is 19.1. The van der Waals surface area contributed by atoms with E-state index in [0.29, 0.717) is 6.61 Å². The number of benzene rings is 1. The standard InChI is InChI=1S/C24H35FO4/c1-2-3-4-5-6-7-8-9-10-11-12-15-20-28-23(26)18-19-24(27)29-22-17-14-13-16-21(22)25/h13-14,16-19H,2-12,15,20H2,1H3/b19-18+. The summed E-state index contributed by atoms with van der Waals surface area (Å²) in [7, 11) is 0. The minimum atomic E-state index is -0.822. The average Bonchev–Trinajstić information content (AvgIpc) is 2.71. The topological polar surface area (TPSA) is 52.6 Å². The van der Waals surface area contributed by atoms with Gasteiger partial charge in [-0.25, -0.2) is 14.0 Å². The SMILES string of the molecule is CCCCCCCCCCCCCCOC(=O)/C=C/C(=O)Oc1ccccc1F. The highest BCUT2D eigenvalue weighted by Crippen LogP contribution is 2.15. The Labute approximate surface area is 174 Å². The van der Waals surface area contributed by atoms with Crippen molar-refractivity contribution in [2.24, 2.45) is 0 Å². The Morgan fingerprint density at radius 3 is 1.90 bits per heavy atom. The van der Waals surface area contributed by atoms with E-state index in [-0.39, 0.29) is 5.75 Å². The maximum Gasteiger partial charge on any atom is 0.336 e. The van der Waals surface area contributed by atoms with Gasteiger partial charge in [-0.3, -0.25) is 0 Å². The molecule has 0 amide bonds. The summed E-state index contributed by atoms with van der Waals surface area (Å²) >= 11 is 0. The van der Waals surface area contributed by atoms with Crippen LogP contribution in [0.1, 0.15) is 84.0 Å². The second-order valence-corrected chi connectivity index (χ2v) is 7.24. The number of halogens is 1. The number of hydrogen-bond donors (Lipinski definition) is 0. The Kier molecular flexibility index (Phi) is 14.4. The molecule has 0 atom stereocenters. The number of carbonyl (C=O) groups is 2. The lowest BCUT2D eigenvalue weighted by Gasteiger charge is -2.04. The second-order valence-electron chi connectivity index (χ2n) is 7.24. The molecule has 0 aliphatic carbocycles. The Morgan fingerprint density at radius 1 is 0.793 bits per heavy atom. The van der Waals surface area contributed by atoms with Crippen molar-refractivity contribution >= 4 is 11.9 Å². The fraction of sp³-hybridized carbons (Fsp3) is 0.583. The summed E-state index contributed by atoms with van der Waals surface area (Å²) in [5.41, 5.74) is 0. The van der Waals surface area contributed by atoms with E-state index in [4.69, 9.17) is 9.47 Å². The quantitative estimate of drug-likeness (QED) is 0.135. The molecular formula is C24H35FO4. The summed E-state index contributed by atoms with van der Waals surface area (Å²) in [5.74, 6) is -2.23. The molecule has 1 rings (SSSR count). The zero-order chi connectivity index (χ0) is 21.2. The van der Waals surface area contributed by atoms with Crippen molar-refractivity contribution in [2.75, 3.05) is 6.61 Å². The van der Waals surface area contributed by atoms with Gasteiger partial charge >= 0.3 is 11.9 Å². The van der Waals surface area contributed by atoms with E-state index in [1.807, 2.05) is 0 Å². The van der Waals surface area contributed by atoms with Gasteiger partial charge in [0.15, 0.2) is 11.6 Å². The summed E-state index contributed by atoms with van der Waals surface area (Å²) < 4.78 is 23.2. The minimum Gasteiger partial charge on any atom is -0.463 e. The van der Waals surface area contributed by atoms with Gasteiger partial charge in [0.05, 0.1) is 6.61 Å². The zero-order valence-electron chi connectivity index (χ0n) is 17.7. The molecule has 0 radical (unpaired) electrons. The van der Waals surface area contributed by atoms with E-state index < -0.39 is 17.8 Å². The van der Waals surface area contributed by atoms with E-state index >= 15 is 0 Å². The molecule has 5 heteroatoms. The predicted octanol–water partition coefficient (Wildman–Crippen LogP) is 6.53. The van der Waals surface area contributed by atoms with Gasteiger partial charge in [0.1, 0.15) is 0 Å². The summed E-state index contributed by atoms with van der Waals surface area (Å²) in [5, 5.41) is 0. The molecule has 0 aromatic heterocycles. The van der Waals surface area contributed by atoms with Crippen molar-refractivity contribution in [3.05, 3.63) is 42.2 Å². The van der Waals surface area contributed by atoms with Crippen LogP contribution in [0.4, 0.5) is 4.39 Å². The molecule has 0 fully saturated rings. The van der Waals surface area contributed by atoms with Crippen LogP contribution in [-0.2, 0) is 14.3 Å². The lowest BCUT2D eigenvalue weighted by Crippen LogP contribution is -2.08. The highest BCUT2D eigenvalue weighted by molar-refractivity contribution is 5.92. The smallest absolute Gasteiger partial charge is 0.336 e. The van der Waals surface area contributed by atoms with Gasteiger partial charge in [0.25, 0.3) is 0 Å². The molecule has 162 valence electrons. The van der Waals surface area contributed by atoms with Crippen molar-refractivity contribution < 1.29 is 23.5 Å². The average molecular weight is 407 g/mol. The number of unbranched alkanes of at least 4 members (excludes halogenated alkanes) is 11. The minimum absolute atomic E-state index is 0.174. The molecule has 0 spiro atoms. The first-order valence-corrected chi connectivity index (χ1v) is 10.9. The van der Waals surface area contributed by atoms with Gasteiger partial charge in [0, 0.05) is 12.2 Å². The number of esters is 2. The summed E-state index contributed by atoms with van der Waals surface area (Å²) in [4.78, 5) is 23.2. The summed E-state index contributed by atoms with van der Waals surface area (Å²) in [6.07, 6.45) is 16.9. The first-order chi connectivity index (χ1) is 14.1. The van der Waals surface area contributed by atoms with Crippen LogP contribution in [0.2, 0.25) is 0 Å². The van der Waals surface area contributed by atoms with Crippen LogP contribution in [0.3, 0.4) is 0 Å². The van der Waals surface area contributed by atoms with Gasteiger partial charge in [-0.05, 0) is 18.6 Å². The number of carbonyl (C=O) groups excluding carboxylic acids is 2. The third kappa shape index (κ3) is 13.6. The Balaban J connectivity index is 1.96. The Bertz CT molecular complexity index is 613. The van der Waals surface area contributed by atoms with Crippen molar-refractivity contribution in [1.29, 1.82) is 0 Å². The van der Waals surface area contributed by atoms with E-state index in [1.165, 1.54) is 76.0 Å². The first-order valence-electron chi connectivity index (χ1n) is 10.9. The van der Waals surface area contributed by atoms with E-state index in [9.17, 15) is 14.0 Å². The van der Waals surface area contributed by atoms with Crippen LogP contribution >= 0.6 is 0 Å². The normalized spacial score (nSPS) is 11.0. The largest absolute Gasteiger partial charge is 0.463 e. The van der Waals surface area contributed by atoms with Crippen LogP contribution in [0.15, 0.2) is 36.4 Å². The molecule has 0 saturated carbocycles. The van der Waals surface area contributed by atoms with Gasteiger partial charge in [0.2, 0.25) is 0 Å². The molecule has 4 nitrogen and oxygen atoms in total.